The van der Waals surface area contributed by atoms with Crippen molar-refractivity contribution in [3.8, 4) is 5.75 Å². The molecule has 0 saturated carbocycles. The molecule has 0 aliphatic heterocycles. The fourth-order valence-electron chi connectivity index (χ4n) is 2.87. The lowest BCUT2D eigenvalue weighted by atomic mass is 10.1. The first-order chi connectivity index (χ1) is 12.6. The Balaban J connectivity index is 1.55. The molecule has 3 N–H and O–H groups in total. The number of esters is 1. The standard InChI is InChI=1S/C20H20N2O4/c1-26-20(25)13-9-10-17(18(23)11-13)22-19(24)8-4-5-14-12-21-16-7-3-2-6-15(14)16/h2-3,6-7,9-12,21,23H,4-5,8H2,1H3,(H,22,24). The molecule has 3 aromatic rings. The van der Waals surface area contributed by atoms with Gasteiger partial charge in [-0.3, -0.25) is 4.79 Å². The molecular weight excluding hydrogens is 332 g/mol. The number of anilines is 1. The maximum Gasteiger partial charge on any atom is 0.337 e. The molecule has 0 aliphatic rings. The lowest BCUT2D eigenvalue weighted by Gasteiger charge is -2.08. The molecule has 134 valence electrons. The van der Waals surface area contributed by atoms with Gasteiger partial charge in [-0.05, 0) is 42.7 Å². The second-order valence-electron chi connectivity index (χ2n) is 5.98. The number of phenols is 1. The summed E-state index contributed by atoms with van der Waals surface area (Å²) in [5.41, 5.74) is 2.76. The van der Waals surface area contributed by atoms with Crippen molar-refractivity contribution in [1.82, 2.24) is 4.98 Å². The van der Waals surface area contributed by atoms with E-state index in [1.165, 1.54) is 36.3 Å². The maximum atomic E-state index is 12.1. The summed E-state index contributed by atoms with van der Waals surface area (Å²) in [6, 6.07) is 12.3. The van der Waals surface area contributed by atoms with Crippen molar-refractivity contribution in [2.75, 3.05) is 12.4 Å². The fraction of sp³-hybridized carbons (Fsp3) is 0.200. The van der Waals surface area contributed by atoms with E-state index in [-0.39, 0.29) is 22.9 Å². The van der Waals surface area contributed by atoms with Crippen LogP contribution in [0.3, 0.4) is 0 Å². The van der Waals surface area contributed by atoms with Gasteiger partial charge in [-0.15, -0.1) is 0 Å². The number of nitrogens with one attached hydrogen (secondary N) is 2. The van der Waals surface area contributed by atoms with E-state index in [9.17, 15) is 14.7 Å². The van der Waals surface area contributed by atoms with Crippen molar-refractivity contribution in [2.24, 2.45) is 0 Å². The number of ether oxygens (including phenoxy) is 1. The zero-order valence-electron chi connectivity index (χ0n) is 14.4. The highest BCUT2D eigenvalue weighted by molar-refractivity contribution is 5.95. The van der Waals surface area contributed by atoms with Crippen molar-refractivity contribution in [1.29, 1.82) is 0 Å². The number of aryl methyl sites for hydroxylation is 1. The first-order valence-corrected chi connectivity index (χ1v) is 8.34. The summed E-state index contributed by atoms with van der Waals surface area (Å²) in [7, 11) is 1.27. The fourth-order valence-corrected chi connectivity index (χ4v) is 2.87. The van der Waals surface area contributed by atoms with Gasteiger partial charge in [0.15, 0.2) is 0 Å². The number of aromatic amines is 1. The number of para-hydroxylation sites is 1. The van der Waals surface area contributed by atoms with Gasteiger partial charge in [0.25, 0.3) is 0 Å². The number of rotatable bonds is 6. The lowest BCUT2D eigenvalue weighted by Crippen LogP contribution is -2.12. The van der Waals surface area contributed by atoms with Crippen LogP contribution in [0.4, 0.5) is 5.69 Å². The van der Waals surface area contributed by atoms with Gasteiger partial charge in [0.2, 0.25) is 5.91 Å². The molecule has 0 spiro atoms. The molecule has 0 bridgehead atoms. The highest BCUT2D eigenvalue weighted by atomic mass is 16.5. The Morgan fingerprint density at radius 2 is 2.00 bits per heavy atom. The smallest absolute Gasteiger partial charge is 0.337 e. The van der Waals surface area contributed by atoms with E-state index in [2.05, 4.69) is 21.1 Å². The molecule has 0 fully saturated rings. The number of benzene rings is 2. The van der Waals surface area contributed by atoms with Gasteiger partial charge in [-0.2, -0.15) is 0 Å². The van der Waals surface area contributed by atoms with Gasteiger partial charge >= 0.3 is 5.97 Å². The molecule has 0 saturated heterocycles. The number of phenolic OH excluding ortho intramolecular Hbond substituents is 1. The number of fused-ring (bicyclic) bond motifs is 1. The summed E-state index contributed by atoms with van der Waals surface area (Å²) in [6.45, 7) is 0. The Bertz CT molecular complexity index is 946. The molecule has 0 atom stereocenters. The van der Waals surface area contributed by atoms with Crippen LogP contribution in [0.5, 0.6) is 5.75 Å². The molecule has 0 unspecified atom stereocenters. The average Bonchev–Trinajstić information content (AvgIpc) is 3.06. The quantitative estimate of drug-likeness (QED) is 0.467. The summed E-state index contributed by atoms with van der Waals surface area (Å²) >= 11 is 0. The van der Waals surface area contributed by atoms with Gasteiger partial charge in [-0.25, -0.2) is 4.79 Å². The summed E-state index contributed by atoms with van der Waals surface area (Å²) in [5, 5.41) is 13.8. The van der Waals surface area contributed by atoms with Gasteiger partial charge in [0.1, 0.15) is 5.75 Å². The van der Waals surface area contributed by atoms with Crippen LogP contribution in [0.15, 0.2) is 48.7 Å². The number of hydrogen-bond acceptors (Lipinski definition) is 4. The van der Waals surface area contributed by atoms with Gasteiger partial charge in [0.05, 0.1) is 18.4 Å². The molecule has 1 amide bonds. The van der Waals surface area contributed by atoms with Crippen molar-refractivity contribution >= 4 is 28.5 Å². The molecule has 1 aromatic heterocycles. The lowest BCUT2D eigenvalue weighted by molar-refractivity contribution is -0.116. The Morgan fingerprint density at radius 3 is 2.77 bits per heavy atom. The summed E-state index contributed by atoms with van der Waals surface area (Å²) in [5.74, 6) is -0.902. The number of H-pyrrole nitrogens is 1. The van der Waals surface area contributed by atoms with E-state index >= 15 is 0 Å². The topological polar surface area (TPSA) is 91.4 Å². The first-order valence-electron chi connectivity index (χ1n) is 8.34. The summed E-state index contributed by atoms with van der Waals surface area (Å²) in [6.07, 6.45) is 3.77. The van der Waals surface area contributed by atoms with Gasteiger partial charge in [0, 0.05) is 23.5 Å². The Morgan fingerprint density at radius 1 is 1.19 bits per heavy atom. The number of aromatic nitrogens is 1. The third-order valence-corrected chi connectivity index (χ3v) is 4.22. The van der Waals surface area contributed by atoms with Crippen LogP contribution in [0.1, 0.15) is 28.8 Å². The summed E-state index contributed by atoms with van der Waals surface area (Å²) < 4.78 is 4.59. The van der Waals surface area contributed by atoms with Crippen molar-refractivity contribution in [2.45, 2.75) is 19.3 Å². The van der Waals surface area contributed by atoms with E-state index < -0.39 is 5.97 Å². The SMILES string of the molecule is COC(=O)c1ccc(NC(=O)CCCc2c[nH]c3ccccc23)c(O)c1. The molecule has 26 heavy (non-hydrogen) atoms. The second kappa shape index (κ2) is 7.74. The monoisotopic (exact) mass is 352 g/mol. The van der Waals surface area contributed by atoms with Crippen LogP contribution < -0.4 is 5.32 Å². The predicted molar refractivity (Wildman–Crippen MR) is 99.3 cm³/mol. The zero-order valence-corrected chi connectivity index (χ0v) is 14.4. The van der Waals surface area contributed by atoms with Crippen LogP contribution in [-0.2, 0) is 16.0 Å². The van der Waals surface area contributed by atoms with Crippen molar-refractivity contribution in [3.05, 3.63) is 59.8 Å². The second-order valence-corrected chi connectivity index (χ2v) is 5.98. The van der Waals surface area contributed by atoms with Crippen LogP contribution in [0.2, 0.25) is 0 Å². The summed E-state index contributed by atoms with van der Waals surface area (Å²) in [4.78, 5) is 26.8. The number of methoxy groups -OCH3 is 1. The third kappa shape index (κ3) is 3.85. The van der Waals surface area contributed by atoms with Crippen LogP contribution in [-0.4, -0.2) is 29.1 Å². The van der Waals surface area contributed by atoms with E-state index in [0.717, 1.165) is 11.9 Å². The highest BCUT2D eigenvalue weighted by Crippen LogP contribution is 2.25. The minimum Gasteiger partial charge on any atom is -0.506 e. The van der Waals surface area contributed by atoms with Gasteiger partial charge in [-0.1, -0.05) is 18.2 Å². The largest absolute Gasteiger partial charge is 0.506 e. The third-order valence-electron chi connectivity index (χ3n) is 4.22. The molecule has 6 nitrogen and oxygen atoms in total. The Labute approximate surface area is 150 Å². The van der Waals surface area contributed by atoms with E-state index in [4.69, 9.17) is 0 Å². The number of hydrogen-bond donors (Lipinski definition) is 3. The minimum atomic E-state index is -0.545. The zero-order chi connectivity index (χ0) is 18.5. The Hall–Kier alpha value is -3.28. The highest BCUT2D eigenvalue weighted by Gasteiger charge is 2.11. The maximum absolute atomic E-state index is 12.1. The van der Waals surface area contributed by atoms with Crippen molar-refractivity contribution < 1.29 is 19.4 Å². The van der Waals surface area contributed by atoms with Crippen LogP contribution in [0.25, 0.3) is 10.9 Å². The molecule has 0 radical (unpaired) electrons. The normalized spacial score (nSPS) is 10.7. The van der Waals surface area contributed by atoms with E-state index in [1.54, 1.807) is 0 Å². The molecular formula is C20H20N2O4. The van der Waals surface area contributed by atoms with E-state index in [0.29, 0.717) is 12.8 Å². The first kappa shape index (κ1) is 17.5. The minimum absolute atomic E-state index is 0.169. The number of carbonyl (C=O) groups excluding carboxylic acids is 2. The Kier molecular flexibility index (Phi) is 5.22. The molecule has 3 rings (SSSR count). The van der Waals surface area contributed by atoms with Crippen molar-refractivity contribution in [3.63, 3.8) is 0 Å². The van der Waals surface area contributed by atoms with Crippen LogP contribution in [0, 0.1) is 0 Å². The molecule has 6 heteroatoms. The molecule has 0 aliphatic carbocycles. The number of amides is 1. The van der Waals surface area contributed by atoms with Crippen LogP contribution >= 0.6 is 0 Å². The molecule has 2 aromatic carbocycles. The number of aromatic hydroxyl groups is 1. The van der Waals surface area contributed by atoms with E-state index in [1.807, 2.05) is 24.4 Å². The average molecular weight is 352 g/mol. The predicted octanol–water partition coefficient (Wildman–Crippen LogP) is 3.62. The molecule has 1 heterocycles. The van der Waals surface area contributed by atoms with Gasteiger partial charge < -0.3 is 20.1 Å². The number of carbonyl (C=O) groups is 2.